The molecule has 694 valence electrons. The first-order valence-electron chi connectivity index (χ1n) is 45.0. The second-order valence-electron chi connectivity index (χ2n) is 33.2. The molecule has 8 aromatic rings. The highest BCUT2D eigenvalue weighted by atomic mass is 35.5. The van der Waals surface area contributed by atoms with Gasteiger partial charge in [-0.2, -0.15) is 0 Å². The summed E-state index contributed by atoms with van der Waals surface area (Å²) in [5, 5.41) is 49.3. The van der Waals surface area contributed by atoms with Crippen molar-refractivity contribution >= 4 is 41.9 Å². The lowest BCUT2D eigenvalue weighted by atomic mass is 9.89. The molecule has 6 aliphatic carbocycles. The van der Waals surface area contributed by atoms with Crippen LogP contribution in [0.4, 0.5) is 26.3 Å². The van der Waals surface area contributed by atoms with E-state index in [2.05, 4.69) is 122 Å². The Balaban J connectivity index is 0.000000210. The number of nitrogens with two attached hydrogens (primary N) is 2. The molecule has 5 aromatic heterocycles. The number of likely N-dealkylation sites (N-methyl/N-ethyl adjacent to an activating group) is 2. The quantitative estimate of drug-likeness (QED) is 0.00634. The van der Waals surface area contributed by atoms with Crippen molar-refractivity contribution < 1.29 is 65.7 Å². The number of rotatable bonds is 25. The van der Waals surface area contributed by atoms with Gasteiger partial charge in [0, 0.05) is 152 Å². The van der Waals surface area contributed by atoms with Gasteiger partial charge in [0.05, 0.1) is 42.4 Å². The van der Waals surface area contributed by atoms with Crippen LogP contribution in [0.5, 0.6) is 0 Å². The van der Waals surface area contributed by atoms with Gasteiger partial charge in [-0.3, -0.25) is 44.1 Å². The number of oxime groups is 1. The van der Waals surface area contributed by atoms with Gasteiger partial charge in [0.15, 0.2) is 11.6 Å². The second-order valence-corrected chi connectivity index (χ2v) is 33.2. The van der Waals surface area contributed by atoms with Crippen molar-refractivity contribution in [2.75, 3.05) is 33.8 Å². The Labute approximate surface area is 757 Å². The van der Waals surface area contributed by atoms with Crippen LogP contribution in [0.1, 0.15) is 262 Å². The van der Waals surface area contributed by atoms with Gasteiger partial charge in [-0.05, 0) is 296 Å². The van der Waals surface area contributed by atoms with E-state index in [-0.39, 0.29) is 79.2 Å². The highest BCUT2D eigenvalue weighted by molar-refractivity contribution is 6.02. The van der Waals surface area contributed by atoms with Crippen molar-refractivity contribution in [1.29, 1.82) is 0 Å². The van der Waals surface area contributed by atoms with Crippen LogP contribution >= 0.6 is 12.4 Å². The molecule has 1 fully saturated rings. The Morgan fingerprint density at radius 1 is 0.516 bits per heavy atom. The van der Waals surface area contributed by atoms with Gasteiger partial charge in [0.25, 0.3) is 0 Å². The first-order valence-corrected chi connectivity index (χ1v) is 45.0. The number of pyridine rings is 5. The number of hydrogen-bond donors (Lipinski definition) is 10. The Morgan fingerprint density at radius 2 is 0.906 bits per heavy atom. The van der Waals surface area contributed by atoms with Gasteiger partial charge in [-0.1, -0.05) is 71.5 Å². The number of aliphatic hydroxyl groups is 2. The molecular formula is C100H132ClF6N13O8. The van der Waals surface area contributed by atoms with Crippen molar-refractivity contribution in [3.63, 3.8) is 0 Å². The number of nitrogens with one attached hydrogen (secondary N) is 5. The van der Waals surface area contributed by atoms with Gasteiger partial charge in [0.1, 0.15) is 41.2 Å². The minimum atomic E-state index is -0.923. The Hall–Kier alpha value is -9.81. The van der Waals surface area contributed by atoms with E-state index >= 15 is 0 Å². The molecule has 128 heavy (non-hydrogen) atoms. The third kappa shape index (κ3) is 34.2. The number of aryl methyl sites for hydroxylation is 10. The Kier molecular flexibility index (Phi) is 44.9. The smallest absolute Gasteiger partial charge is 0.217 e. The van der Waals surface area contributed by atoms with Crippen LogP contribution < -0.4 is 38.1 Å². The highest BCUT2D eigenvalue weighted by Crippen LogP contribution is 2.33. The first kappa shape index (κ1) is 105. The molecule has 3 aromatic carbocycles. The summed E-state index contributed by atoms with van der Waals surface area (Å²) in [7, 11) is 3.57. The summed E-state index contributed by atoms with van der Waals surface area (Å²) in [6.07, 6.45) is 34.6. The molecule has 0 radical (unpaired) electrons. The van der Waals surface area contributed by atoms with Gasteiger partial charge < -0.3 is 58.2 Å². The van der Waals surface area contributed by atoms with Gasteiger partial charge in [-0.15, -0.1) is 12.4 Å². The average molecular weight is 1790 g/mol. The number of Topliss-reactive ketones (excluding diaryl/α,β-unsaturated/α-hetero) is 1. The van der Waals surface area contributed by atoms with Crippen LogP contribution in [0.15, 0.2) is 145 Å². The zero-order valence-electron chi connectivity index (χ0n) is 75.6. The minimum absolute atomic E-state index is 0. The summed E-state index contributed by atoms with van der Waals surface area (Å²) in [4.78, 5) is 65.7. The van der Waals surface area contributed by atoms with Crippen LogP contribution in [0.25, 0.3) is 0 Å². The number of benzene rings is 3. The number of ketones is 2. The predicted molar refractivity (Wildman–Crippen MR) is 493 cm³/mol. The van der Waals surface area contributed by atoms with E-state index in [0.717, 1.165) is 222 Å². The summed E-state index contributed by atoms with van der Waals surface area (Å²) in [6, 6.07) is 20.6. The number of epoxide rings is 1. The van der Waals surface area contributed by atoms with Gasteiger partial charge in [0.2, 0.25) is 5.91 Å². The van der Waals surface area contributed by atoms with E-state index in [0.29, 0.717) is 54.5 Å². The molecule has 0 spiro atoms. The lowest BCUT2D eigenvalue weighted by Gasteiger charge is -2.29. The zero-order chi connectivity index (χ0) is 92.1. The molecular weight excluding hydrogens is 1660 g/mol. The Bertz CT molecular complexity index is 4920. The molecule has 1 amide bonds. The van der Waals surface area contributed by atoms with Gasteiger partial charge >= 0.3 is 0 Å². The van der Waals surface area contributed by atoms with Crippen molar-refractivity contribution in [2.24, 2.45) is 16.6 Å². The number of carbonyl (C=O) groups is 4. The van der Waals surface area contributed by atoms with E-state index in [1.54, 1.807) is 7.05 Å². The Morgan fingerprint density at radius 3 is 1.30 bits per heavy atom. The number of hydrogen-bond acceptors (Lipinski definition) is 20. The first-order chi connectivity index (χ1) is 61.1. The molecule has 28 heteroatoms. The number of aromatic nitrogens is 5. The van der Waals surface area contributed by atoms with Crippen molar-refractivity contribution in [1.82, 2.24) is 51.5 Å². The van der Waals surface area contributed by atoms with Crippen molar-refractivity contribution in [2.45, 2.75) is 276 Å². The average Bonchev–Trinajstić information content (AvgIpc) is 1.22. The fourth-order valence-corrected chi connectivity index (χ4v) is 16.0. The third-order valence-electron chi connectivity index (χ3n) is 23.5. The number of amides is 1. The minimum Gasteiger partial charge on any atom is -0.411 e. The molecule has 21 nitrogen and oxygen atoms in total. The number of carbonyl (C=O) groups excluding carboxylic acids is 4. The van der Waals surface area contributed by atoms with E-state index in [1.807, 2.05) is 51.0 Å². The third-order valence-corrected chi connectivity index (χ3v) is 23.5. The number of aliphatic hydroxyl groups excluding tert-OH is 2. The monoisotopic (exact) mass is 1790 g/mol. The van der Waals surface area contributed by atoms with Crippen molar-refractivity contribution in [3.8, 4) is 0 Å². The number of allylic oxidation sites excluding steroid dienone is 3. The number of fused-ring (bicyclic) bond motifs is 5. The molecule has 12 N–H and O–H groups in total. The number of nitrogens with zero attached hydrogens (tertiary/aromatic N) is 6. The van der Waals surface area contributed by atoms with E-state index in [4.69, 9.17) is 21.4 Å². The van der Waals surface area contributed by atoms with Crippen LogP contribution in [0.3, 0.4) is 0 Å². The molecule has 3 unspecified atom stereocenters. The van der Waals surface area contributed by atoms with Gasteiger partial charge in [-0.25, -0.2) is 26.3 Å². The number of aldehydes is 1. The highest BCUT2D eigenvalue weighted by Gasteiger charge is 2.33. The SMILES string of the molecule is C=C(C=O)CC.CCc1cnc2c(c1)/C(=N/O)CCC2.CCc1cnc2c(c1)C(=O)CCC2.CCc1cnc2c(c1)C(N)CCC2.CCc1cnc2c(c1)C(NC[C@@H](O)[C@H](Cc1cc(F)cc(F)c1)NC(C)=O)CCC2.CCc1cnc2c(c1)C(NC[C@@H](O)[C@H](Cc1cc(F)cc(F)c1)NC)CCC2.CN[C@@H](Cc1cc(F)cc(F)c1)[C@H]1CO1.Cl.NC1=CC(=O)CCC1. The number of ether oxygens (including phenoxy) is 1. The lowest BCUT2D eigenvalue weighted by molar-refractivity contribution is -0.120. The summed E-state index contributed by atoms with van der Waals surface area (Å²) in [6.45, 7) is 18.6. The van der Waals surface area contributed by atoms with Crippen LogP contribution in [0.2, 0.25) is 0 Å². The summed E-state index contributed by atoms with van der Waals surface area (Å²) in [5.41, 5.74) is 32.3. The summed E-state index contributed by atoms with van der Waals surface area (Å²) < 4.78 is 84.9. The topological polar surface area (TPSA) is 330 Å². The lowest BCUT2D eigenvalue weighted by Crippen LogP contribution is -2.48. The maximum Gasteiger partial charge on any atom is 0.217 e. The van der Waals surface area contributed by atoms with Crippen LogP contribution in [-0.4, -0.2) is 140 Å². The fraction of sp³-hybridized carbons (Fsp3) is 0.480. The van der Waals surface area contributed by atoms with Crippen LogP contribution in [0, 0.1) is 34.9 Å². The summed E-state index contributed by atoms with van der Waals surface area (Å²) in [5.74, 6) is -3.50. The van der Waals surface area contributed by atoms with Crippen LogP contribution in [-0.2, 0) is 103 Å². The largest absolute Gasteiger partial charge is 0.411 e. The molecule has 0 bridgehead atoms. The second kappa shape index (κ2) is 54.6. The fourth-order valence-electron chi connectivity index (χ4n) is 16.0. The molecule has 1 saturated heterocycles. The van der Waals surface area contributed by atoms with E-state index in [9.17, 15) is 55.7 Å². The van der Waals surface area contributed by atoms with Crippen molar-refractivity contribution in [3.05, 3.63) is 276 Å². The summed E-state index contributed by atoms with van der Waals surface area (Å²) >= 11 is 0. The molecule has 0 saturated carbocycles. The standard InChI is InChI=1S/C23H29F2N3O2.C22H29F2N3O.C11H13F2NO.C11H14N2O.C11H16N2.C11H13NO.C6H9NO.C5H8O.ClH/c1-3-15-9-19-20(26-12-15)5-4-6-21(19)27-13-23(30)22(28-14(2)29)10-16-7-17(24)11-18(25)8-16;1-3-14-9-18-19(26-12-14)5-4-6-20(18)27-13-22(28)21(25-2)10-15-7-16(23)11-17(24)8-15;1-14-10(11-6-15-11)4-7-2-8(12)5-9(13)3-7;1-2-8-6-9-10(12-7-8)4-3-5-11(9)13-14;1-2-8-6-9-10(12)4-3-5-11(9)13-7-8;1-2-8-6-9-10(12-7-8)4-3-5-11(9)13;7-5-2-1-3-6(8)4-5;1-3-5(2)4-6;/h7-9,11-12,21-23,27,30H,3-6,10,13H2,1-2H3,(H,28,29);7-9,11-12,20-22,25,27-28H,3-6,10,13H2,1-2H3;2-3,5,10-11,14H,4,6H2,1H3;6-7,14H,2-5H2,1H3;6-7,10H,2-5,12H2,1H3;6-7H,2-5H2,1H3;4H,1-3,7H2;4H,2-3H2,1H3;1H/b;;;13-11+;;;;;/t21?,22-,23+;20?,21-,22+;10-,11+;;;;;;/m000....../s1. The maximum atomic E-state index is 13.5. The normalized spacial score (nSPS) is 18.1. The zero-order valence-corrected chi connectivity index (χ0v) is 76.5. The maximum absolute atomic E-state index is 13.5. The number of halogens is 7. The van der Waals surface area contributed by atoms with E-state index < -0.39 is 53.2 Å². The molecule has 6 heterocycles. The molecule has 15 rings (SSSR count). The molecule has 1 aliphatic heterocycles. The molecule has 7 aliphatic rings. The molecule has 9 atom stereocenters. The predicted octanol–water partition coefficient (Wildman–Crippen LogP) is 16.0. The van der Waals surface area contributed by atoms with E-state index in [1.165, 1.54) is 94.9 Å².